The quantitative estimate of drug-likeness (QED) is 0.710. The van der Waals surface area contributed by atoms with Crippen LogP contribution in [0.1, 0.15) is 35.8 Å². The Morgan fingerprint density at radius 1 is 1.04 bits per heavy atom. The molecular formula is C21H25N5. The lowest BCUT2D eigenvalue weighted by atomic mass is 9.94. The van der Waals surface area contributed by atoms with Crippen LogP contribution in [0, 0.1) is 6.92 Å². The van der Waals surface area contributed by atoms with E-state index in [1.807, 2.05) is 30.1 Å². The zero-order valence-electron chi connectivity index (χ0n) is 15.3. The number of piperidine rings is 1. The molecule has 1 atom stereocenters. The van der Waals surface area contributed by atoms with E-state index in [-0.39, 0.29) is 0 Å². The Kier molecular flexibility index (Phi) is 5.07. The molecule has 1 aliphatic rings. The molecule has 5 heteroatoms. The second-order valence-electron chi connectivity index (χ2n) is 6.99. The normalized spacial score (nSPS) is 18.1. The first kappa shape index (κ1) is 16.9. The van der Waals surface area contributed by atoms with Gasteiger partial charge in [-0.15, -0.1) is 0 Å². The molecule has 1 saturated heterocycles. The van der Waals surface area contributed by atoms with Crippen molar-refractivity contribution in [2.45, 2.75) is 32.1 Å². The standard InChI is InChI=1S/C21H25N5/c1-17-22-12-15-26(17)21-20(23-10-11-24-21)19-8-5-13-25(16-19)14-9-18-6-3-2-4-7-18/h2-4,6-7,10-12,15,19H,5,8-9,13-14,16H2,1H3/t19-/m1/s1. The van der Waals surface area contributed by atoms with Gasteiger partial charge in [-0.05, 0) is 38.3 Å². The Morgan fingerprint density at radius 3 is 2.69 bits per heavy atom. The van der Waals surface area contributed by atoms with Crippen molar-refractivity contribution in [3.05, 3.63) is 72.2 Å². The van der Waals surface area contributed by atoms with E-state index in [9.17, 15) is 0 Å². The van der Waals surface area contributed by atoms with E-state index in [1.165, 1.54) is 24.9 Å². The van der Waals surface area contributed by atoms with Gasteiger partial charge in [0.1, 0.15) is 5.82 Å². The van der Waals surface area contributed by atoms with Gasteiger partial charge in [-0.3, -0.25) is 9.55 Å². The number of aromatic nitrogens is 4. The summed E-state index contributed by atoms with van der Waals surface area (Å²) >= 11 is 0. The average molecular weight is 347 g/mol. The van der Waals surface area contributed by atoms with Gasteiger partial charge in [0.05, 0.1) is 5.69 Å². The molecule has 0 unspecified atom stereocenters. The fraction of sp³-hybridized carbons (Fsp3) is 0.381. The predicted molar refractivity (Wildman–Crippen MR) is 102 cm³/mol. The van der Waals surface area contributed by atoms with Crippen molar-refractivity contribution in [3.8, 4) is 5.82 Å². The van der Waals surface area contributed by atoms with Gasteiger partial charge in [-0.25, -0.2) is 9.97 Å². The largest absolute Gasteiger partial charge is 0.302 e. The number of benzene rings is 1. The van der Waals surface area contributed by atoms with Crippen LogP contribution >= 0.6 is 0 Å². The lowest BCUT2D eigenvalue weighted by molar-refractivity contribution is 0.208. The molecule has 0 amide bonds. The molecule has 0 N–H and O–H groups in total. The summed E-state index contributed by atoms with van der Waals surface area (Å²) in [4.78, 5) is 16.2. The third-order valence-electron chi connectivity index (χ3n) is 5.21. The minimum Gasteiger partial charge on any atom is -0.302 e. The maximum Gasteiger partial charge on any atom is 0.160 e. The molecule has 0 radical (unpaired) electrons. The van der Waals surface area contributed by atoms with Crippen molar-refractivity contribution < 1.29 is 0 Å². The summed E-state index contributed by atoms with van der Waals surface area (Å²) in [6.45, 7) is 5.32. The van der Waals surface area contributed by atoms with E-state index in [0.29, 0.717) is 5.92 Å². The number of rotatable bonds is 5. The molecule has 5 nitrogen and oxygen atoms in total. The van der Waals surface area contributed by atoms with Gasteiger partial charge in [0.2, 0.25) is 0 Å². The molecule has 1 fully saturated rings. The molecule has 134 valence electrons. The molecule has 0 bridgehead atoms. The van der Waals surface area contributed by atoms with E-state index in [4.69, 9.17) is 4.98 Å². The second kappa shape index (κ2) is 7.79. The third kappa shape index (κ3) is 3.68. The molecule has 2 aromatic heterocycles. The fourth-order valence-corrected chi connectivity index (χ4v) is 3.83. The Labute approximate surface area is 154 Å². The highest BCUT2D eigenvalue weighted by molar-refractivity contribution is 5.33. The fourth-order valence-electron chi connectivity index (χ4n) is 3.83. The number of likely N-dealkylation sites (tertiary alicyclic amines) is 1. The van der Waals surface area contributed by atoms with E-state index in [1.54, 1.807) is 6.20 Å². The summed E-state index contributed by atoms with van der Waals surface area (Å²) in [7, 11) is 0. The monoisotopic (exact) mass is 347 g/mol. The van der Waals surface area contributed by atoms with Crippen LogP contribution in [0.3, 0.4) is 0 Å². The number of hydrogen-bond donors (Lipinski definition) is 0. The van der Waals surface area contributed by atoms with Crippen molar-refractivity contribution in [1.29, 1.82) is 0 Å². The molecule has 4 rings (SSSR count). The van der Waals surface area contributed by atoms with Crippen LogP contribution < -0.4 is 0 Å². The third-order valence-corrected chi connectivity index (χ3v) is 5.21. The molecule has 0 spiro atoms. The van der Waals surface area contributed by atoms with Crippen molar-refractivity contribution in [2.75, 3.05) is 19.6 Å². The second-order valence-corrected chi connectivity index (χ2v) is 6.99. The Hall–Kier alpha value is -2.53. The van der Waals surface area contributed by atoms with E-state index < -0.39 is 0 Å². The highest BCUT2D eigenvalue weighted by Crippen LogP contribution is 2.29. The van der Waals surface area contributed by atoms with Crippen molar-refractivity contribution in [1.82, 2.24) is 24.4 Å². The van der Waals surface area contributed by atoms with Gasteiger partial charge in [0.15, 0.2) is 5.82 Å². The molecule has 26 heavy (non-hydrogen) atoms. The topological polar surface area (TPSA) is 46.8 Å². The Morgan fingerprint density at radius 2 is 1.88 bits per heavy atom. The maximum absolute atomic E-state index is 4.71. The van der Waals surface area contributed by atoms with Gasteiger partial charge in [-0.1, -0.05) is 30.3 Å². The van der Waals surface area contributed by atoms with Crippen LogP contribution in [0.5, 0.6) is 0 Å². The summed E-state index contributed by atoms with van der Waals surface area (Å²) in [5.41, 5.74) is 2.50. The number of imidazole rings is 1. The van der Waals surface area contributed by atoms with Crippen molar-refractivity contribution in [2.24, 2.45) is 0 Å². The van der Waals surface area contributed by atoms with Gasteiger partial charge in [-0.2, -0.15) is 0 Å². The molecule has 1 aliphatic heterocycles. The van der Waals surface area contributed by atoms with Crippen LogP contribution in [0.25, 0.3) is 5.82 Å². The molecule has 0 saturated carbocycles. The summed E-state index contributed by atoms with van der Waals surface area (Å²) in [6.07, 6.45) is 10.9. The molecule has 3 aromatic rings. The number of hydrogen-bond acceptors (Lipinski definition) is 4. The smallest absolute Gasteiger partial charge is 0.160 e. The molecule has 0 aliphatic carbocycles. The Bertz CT molecular complexity index is 842. The molecule has 3 heterocycles. The first-order chi connectivity index (χ1) is 12.8. The summed E-state index contributed by atoms with van der Waals surface area (Å²) in [5.74, 6) is 2.30. The minimum absolute atomic E-state index is 0.421. The first-order valence-corrected chi connectivity index (χ1v) is 9.39. The van der Waals surface area contributed by atoms with Gasteiger partial charge in [0.25, 0.3) is 0 Å². The number of nitrogens with zero attached hydrogens (tertiary/aromatic N) is 5. The zero-order chi connectivity index (χ0) is 17.8. The summed E-state index contributed by atoms with van der Waals surface area (Å²) < 4.78 is 2.05. The number of aryl methyl sites for hydroxylation is 1. The van der Waals surface area contributed by atoms with Crippen molar-refractivity contribution in [3.63, 3.8) is 0 Å². The maximum atomic E-state index is 4.71. The minimum atomic E-state index is 0.421. The molecular weight excluding hydrogens is 322 g/mol. The molecule has 1 aromatic carbocycles. The van der Waals surface area contributed by atoms with Crippen LogP contribution in [-0.4, -0.2) is 44.1 Å². The van der Waals surface area contributed by atoms with Gasteiger partial charge in [0, 0.05) is 43.8 Å². The summed E-state index contributed by atoms with van der Waals surface area (Å²) in [5, 5.41) is 0. The van der Waals surface area contributed by atoms with Crippen molar-refractivity contribution >= 4 is 0 Å². The predicted octanol–water partition coefficient (Wildman–Crippen LogP) is 3.39. The van der Waals surface area contributed by atoms with Crippen LogP contribution in [-0.2, 0) is 6.42 Å². The SMILES string of the molecule is Cc1nccn1-c1nccnc1[C@@H]1CCCN(CCc2ccccc2)C1. The Balaban J connectivity index is 1.49. The van der Waals surface area contributed by atoms with Crippen LogP contribution in [0.15, 0.2) is 55.1 Å². The lowest BCUT2D eigenvalue weighted by Gasteiger charge is -2.33. The highest BCUT2D eigenvalue weighted by atomic mass is 15.2. The van der Waals surface area contributed by atoms with E-state index >= 15 is 0 Å². The summed E-state index contributed by atoms with van der Waals surface area (Å²) in [6, 6.07) is 10.7. The van der Waals surface area contributed by atoms with E-state index in [0.717, 1.165) is 36.8 Å². The lowest BCUT2D eigenvalue weighted by Crippen LogP contribution is -2.36. The van der Waals surface area contributed by atoms with Gasteiger partial charge >= 0.3 is 0 Å². The zero-order valence-corrected chi connectivity index (χ0v) is 15.3. The first-order valence-electron chi connectivity index (χ1n) is 9.39. The highest BCUT2D eigenvalue weighted by Gasteiger charge is 2.25. The van der Waals surface area contributed by atoms with Gasteiger partial charge < -0.3 is 4.90 Å². The average Bonchev–Trinajstić information content (AvgIpc) is 3.13. The van der Waals surface area contributed by atoms with E-state index in [2.05, 4.69) is 45.2 Å². The van der Waals surface area contributed by atoms with Crippen LogP contribution in [0.4, 0.5) is 0 Å². The van der Waals surface area contributed by atoms with Crippen LogP contribution in [0.2, 0.25) is 0 Å².